The summed E-state index contributed by atoms with van der Waals surface area (Å²) in [7, 11) is 2.33. The summed E-state index contributed by atoms with van der Waals surface area (Å²) in [6, 6.07) is 14.0. The molecule has 4 heteroatoms. The van der Waals surface area contributed by atoms with E-state index in [1.807, 2.05) is 6.26 Å². The molecule has 2 aliphatic rings. The van der Waals surface area contributed by atoms with Crippen LogP contribution in [0.5, 0.6) is 0 Å². The Morgan fingerprint density at radius 1 is 0.842 bits per heavy atom. The second-order valence-corrected chi connectivity index (χ2v) is 21.2. The second kappa shape index (κ2) is 17.8. The molecular formula is C53H76BN2O. The van der Waals surface area contributed by atoms with Gasteiger partial charge in [-0.25, -0.2) is 0 Å². The molecule has 2 aliphatic carbocycles. The van der Waals surface area contributed by atoms with Crippen LogP contribution in [0.15, 0.2) is 107 Å². The van der Waals surface area contributed by atoms with E-state index in [9.17, 15) is 0 Å². The molecule has 1 saturated carbocycles. The second-order valence-electron chi connectivity index (χ2n) is 21.2. The van der Waals surface area contributed by atoms with E-state index in [2.05, 4.69) is 200 Å². The molecule has 307 valence electrons. The smallest absolute Gasteiger partial charge is 0.199 e. The predicted octanol–water partition coefficient (Wildman–Crippen LogP) is 13.2. The summed E-state index contributed by atoms with van der Waals surface area (Å²) in [5, 5.41) is 5.05. The molecule has 0 spiro atoms. The van der Waals surface area contributed by atoms with Crippen LogP contribution in [0.1, 0.15) is 153 Å². The number of furan rings is 1. The van der Waals surface area contributed by atoms with Gasteiger partial charge in [-0.15, -0.1) is 0 Å². The van der Waals surface area contributed by atoms with Crippen molar-refractivity contribution in [2.45, 2.75) is 153 Å². The first-order chi connectivity index (χ1) is 26.6. The molecule has 1 aromatic heterocycles. The van der Waals surface area contributed by atoms with Crippen molar-refractivity contribution in [3.8, 4) is 0 Å². The lowest BCUT2D eigenvalue weighted by Gasteiger charge is -2.45. The molecule has 0 aliphatic heterocycles. The molecule has 3 aromatic rings. The Hall–Kier alpha value is -3.50. The number of benzene rings is 2. The van der Waals surface area contributed by atoms with Crippen molar-refractivity contribution in [3.63, 3.8) is 0 Å². The number of nitrogens with one attached hydrogen (secondary N) is 1. The molecule has 0 bridgehead atoms. The van der Waals surface area contributed by atoms with Crippen LogP contribution in [-0.2, 0) is 5.41 Å². The average molecular weight is 768 g/mol. The normalized spacial score (nSPS) is 23.3. The van der Waals surface area contributed by atoms with Gasteiger partial charge in [-0.2, -0.15) is 0 Å². The third-order valence-electron chi connectivity index (χ3n) is 12.8. The highest BCUT2D eigenvalue weighted by atomic mass is 16.3. The van der Waals surface area contributed by atoms with Crippen molar-refractivity contribution in [2.24, 2.45) is 21.7 Å². The summed E-state index contributed by atoms with van der Waals surface area (Å²) < 4.78 is 6.15. The summed E-state index contributed by atoms with van der Waals surface area (Å²) in [4.78, 5) is 2.49. The van der Waals surface area contributed by atoms with E-state index in [0.29, 0.717) is 5.92 Å². The fraction of sp³-hybridized carbons (Fsp3) is 0.547. The van der Waals surface area contributed by atoms with E-state index in [1.54, 1.807) is 0 Å². The number of hydrogen-bond acceptors (Lipinski definition) is 3. The number of nitrogens with zero attached hydrogens (tertiary/aromatic N) is 1. The van der Waals surface area contributed by atoms with Gasteiger partial charge in [0.05, 0.1) is 6.26 Å². The minimum atomic E-state index is 0.0514. The number of anilines is 1. The molecule has 2 aromatic carbocycles. The minimum absolute atomic E-state index is 0.0514. The SMILES string of the molecule is CC/C=C1\C(=C/CN(/C=C/CNC2/C=C/C(C)(C)CCC(C)(C)/C=C/C2)c2cc(C(C)C)ccc2[B]c2coc3ccc(C(C)(C)C)cc23)C(C)(C)CCC1(C)C. The van der Waals surface area contributed by atoms with Crippen LogP contribution in [-0.4, -0.2) is 26.4 Å². The van der Waals surface area contributed by atoms with Crippen LogP contribution in [0.25, 0.3) is 11.0 Å². The van der Waals surface area contributed by atoms with Gasteiger partial charge in [-0.1, -0.05) is 163 Å². The first-order valence-electron chi connectivity index (χ1n) is 22.1. The van der Waals surface area contributed by atoms with Gasteiger partial charge in [0.25, 0.3) is 0 Å². The van der Waals surface area contributed by atoms with E-state index < -0.39 is 0 Å². The maximum Gasteiger partial charge on any atom is 0.199 e. The van der Waals surface area contributed by atoms with Crippen molar-refractivity contribution in [1.82, 2.24) is 5.32 Å². The molecule has 3 nitrogen and oxygen atoms in total. The minimum Gasteiger partial charge on any atom is -0.465 e. The molecule has 1 N–H and O–H groups in total. The van der Waals surface area contributed by atoms with Crippen molar-refractivity contribution < 1.29 is 4.42 Å². The Bertz CT molecular complexity index is 1990. The standard InChI is InChI=1S/C53H76BN2O/c1-15-18-43-44(53(13,14)31-30-52(43,11)12)25-34-56(33-17-32-55-41-19-16-26-50(7,8)28-29-51(9,10)27-24-41)47-35-39(38(2)3)20-22-45(47)54-46-37-57-48-23-21-40(36-42(46)48)49(4,5)6/h16-18,20-27,33,35-38,41,55H,15,19,28-32,34H2,1-14H3/b26-16+,27-24+,33-17+,43-18+,44-25+. The first-order valence-corrected chi connectivity index (χ1v) is 22.1. The molecule has 1 radical (unpaired) electrons. The van der Waals surface area contributed by atoms with E-state index >= 15 is 0 Å². The van der Waals surface area contributed by atoms with Gasteiger partial charge in [-0.05, 0) is 117 Å². The van der Waals surface area contributed by atoms with Gasteiger partial charge in [0.15, 0.2) is 7.28 Å². The Kier molecular flexibility index (Phi) is 13.9. The lowest BCUT2D eigenvalue weighted by atomic mass is 9.60. The van der Waals surface area contributed by atoms with Gasteiger partial charge < -0.3 is 14.6 Å². The highest BCUT2D eigenvalue weighted by Crippen LogP contribution is 2.52. The quantitative estimate of drug-likeness (QED) is 0.156. The predicted molar refractivity (Wildman–Crippen MR) is 252 cm³/mol. The van der Waals surface area contributed by atoms with Gasteiger partial charge in [0.1, 0.15) is 5.58 Å². The zero-order valence-electron chi connectivity index (χ0n) is 38.4. The monoisotopic (exact) mass is 768 g/mol. The average Bonchev–Trinajstić information content (AvgIpc) is 3.53. The molecule has 5 rings (SSSR count). The van der Waals surface area contributed by atoms with Gasteiger partial charge >= 0.3 is 0 Å². The van der Waals surface area contributed by atoms with Crippen LogP contribution in [0, 0.1) is 21.7 Å². The fourth-order valence-corrected chi connectivity index (χ4v) is 8.47. The Morgan fingerprint density at radius 3 is 2.16 bits per heavy atom. The topological polar surface area (TPSA) is 28.4 Å². The number of rotatable bonds is 11. The first kappa shape index (κ1) is 44.6. The lowest BCUT2D eigenvalue weighted by Crippen LogP contribution is -2.35. The van der Waals surface area contributed by atoms with E-state index in [1.165, 1.54) is 59.1 Å². The van der Waals surface area contributed by atoms with E-state index in [4.69, 9.17) is 4.42 Å². The maximum absolute atomic E-state index is 6.15. The summed E-state index contributed by atoms with van der Waals surface area (Å²) in [5.74, 6) is 0.409. The van der Waals surface area contributed by atoms with Crippen LogP contribution in [0.3, 0.4) is 0 Å². The van der Waals surface area contributed by atoms with Crippen LogP contribution >= 0.6 is 0 Å². The highest BCUT2D eigenvalue weighted by Gasteiger charge is 2.39. The third-order valence-corrected chi connectivity index (χ3v) is 12.8. The molecule has 1 fully saturated rings. The molecule has 57 heavy (non-hydrogen) atoms. The number of allylic oxidation sites excluding steroid dienone is 5. The fourth-order valence-electron chi connectivity index (χ4n) is 8.47. The van der Waals surface area contributed by atoms with E-state index in [0.717, 1.165) is 42.4 Å². The molecule has 0 amide bonds. The van der Waals surface area contributed by atoms with E-state index in [-0.39, 0.29) is 33.1 Å². The van der Waals surface area contributed by atoms with Crippen LogP contribution < -0.4 is 21.1 Å². The summed E-state index contributed by atoms with van der Waals surface area (Å²) >= 11 is 0. The molecule has 0 saturated heterocycles. The zero-order valence-corrected chi connectivity index (χ0v) is 38.4. The van der Waals surface area contributed by atoms with Crippen molar-refractivity contribution in [2.75, 3.05) is 18.0 Å². The largest absolute Gasteiger partial charge is 0.465 e. The zero-order chi connectivity index (χ0) is 41.8. The van der Waals surface area contributed by atoms with Crippen molar-refractivity contribution in [1.29, 1.82) is 0 Å². The van der Waals surface area contributed by atoms with Gasteiger partial charge in [0, 0.05) is 36.4 Å². The number of hydrogen-bond donors (Lipinski definition) is 1. The molecule has 1 unspecified atom stereocenters. The summed E-state index contributed by atoms with van der Waals surface area (Å²) in [5.41, 5.74) is 10.8. The molecule has 1 atom stereocenters. The molecular weight excluding hydrogens is 691 g/mol. The van der Waals surface area contributed by atoms with Crippen molar-refractivity contribution >= 4 is 34.9 Å². The number of fused-ring (bicyclic) bond motifs is 1. The van der Waals surface area contributed by atoms with Crippen LogP contribution in [0.4, 0.5) is 5.69 Å². The van der Waals surface area contributed by atoms with Gasteiger partial charge in [-0.3, -0.25) is 0 Å². The van der Waals surface area contributed by atoms with Gasteiger partial charge in [0.2, 0.25) is 0 Å². The summed E-state index contributed by atoms with van der Waals surface area (Å²) in [6.45, 7) is 34.5. The van der Waals surface area contributed by atoms with Crippen LogP contribution in [0.2, 0.25) is 0 Å². The van der Waals surface area contributed by atoms with Crippen molar-refractivity contribution in [3.05, 3.63) is 114 Å². The lowest BCUT2D eigenvalue weighted by molar-refractivity contribution is 0.259. The Labute approximate surface area is 349 Å². The maximum atomic E-state index is 6.15. The Morgan fingerprint density at radius 2 is 1.51 bits per heavy atom. The Balaban J connectivity index is 1.55. The molecule has 1 heterocycles. The third kappa shape index (κ3) is 11.6. The highest BCUT2D eigenvalue weighted by molar-refractivity contribution is 6.71. The summed E-state index contributed by atoms with van der Waals surface area (Å²) in [6.07, 6.45) is 28.1.